The monoisotopic (exact) mass is 317 g/mol. The second kappa shape index (κ2) is 5.23. The molecule has 2 aromatic heterocycles. The molecule has 9 heteroatoms. The minimum Gasteiger partial charge on any atom is -0.480 e. The summed E-state index contributed by atoms with van der Waals surface area (Å²) in [6, 6.07) is 0. The Kier molecular flexibility index (Phi) is 3.69. The van der Waals surface area contributed by atoms with Crippen molar-refractivity contribution in [3.63, 3.8) is 0 Å². The van der Waals surface area contributed by atoms with Gasteiger partial charge in [0.05, 0.1) is 12.7 Å². The lowest BCUT2D eigenvalue weighted by atomic mass is 10.5. The number of rotatable bonds is 5. The van der Waals surface area contributed by atoms with Gasteiger partial charge in [-0.3, -0.25) is 4.79 Å². The molecular weight excluding hydrogens is 310 g/mol. The third kappa shape index (κ3) is 3.49. The first-order valence-electron chi connectivity index (χ1n) is 4.59. The first kappa shape index (κ1) is 12.0. The number of halogens is 1. The molecular formula is C8H8BrN5O2S. The molecule has 2 aromatic rings. The Balaban J connectivity index is 1.91. The highest BCUT2D eigenvalue weighted by Crippen LogP contribution is 2.19. The largest absolute Gasteiger partial charge is 0.480 e. The maximum Gasteiger partial charge on any atom is 0.325 e. The van der Waals surface area contributed by atoms with E-state index >= 15 is 0 Å². The summed E-state index contributed by atoms with van der Waals surface area (Å²) < 4.78 is 2.05. The number of carboxylic acids is 1. The molecule has 0 fully saturated rings. The SMILES string of the molecule is O=C(O)Cn1cc(CNc2nc(Br)cs2)nn1. The third-order valence-electron chi connectivity index (χ3n) is 1.78. The maximum atomic E-state index is 10.4. The van der Waals surface area contributed by atoms with Crippen molar-refractivity contribution in [2.45, 2.75) is 13.1 Å². The summed E-state index contributed by atoms with van der Waals surface area (Å²) in [4.78, 5) is 14.6. The zero-order chi connectivity index (χ0) is 12.3. The number of nitrogens with one attached hydrogen (secondary N) is 1. The maximum absolute atomic E-state index is 10.4. The van der Waals surface area contributed by atoms with Crippen molar-refractivity contribution in [3.8, 4) is 0 Å². The molecule has 90 valence electrons. The van der Waals surface area contributed by atoms with Gasteiger partial charge in [-0.2, -0.15) is 0 Å². The number of carboxylic acid groups (broad SMARTS) is 1. The number of carbonyl (C=O) groups is 1. The molecule has 0 aromatic carbocycles. The quantitative estimate of drug-likeness (QED) is 0.860. The summed E-state index contributed by atoms with van der Waals surface area (Å²) in [5.41, 5.74) is 0.664. The Morgan fingerprint density at radius 3 is 3.12 bits per heavy atom. The Morgan fingerprint density at radius 2 is 2.47 bits per heavy atom. The van der Waals surface area contributed by atoms with Crippen LogP contribution in [-0.2, 0) is 17.9 Å². The standard InChI is InChI=1S/C8H8BrN5O2S/c9-6-4-17-8(11-6)10-1-5-2-14(13-12-5)3-7(15)16/h2,4H,1,3H2,(H,10,11)(H,15,16). The number of aromatic nitrogens is 4. The summed E-state index contributed by atoms with van der Waals surface area (Å²) in [5.74, 6) is -0.946. The van der Waals surface area contributed by atoms with Gasteiger partial charge in [0.25, 0.3) is 0 Å². The van der Waals surface area contributed by atoms with E-state index in [1.165, 1.54) is 16.0 Å². The highest BCUT2D eigenvalue weighted by atomic mass is 79.9. The number of anilines is 1. The van der Waals surface area contributed by atoms with Gasteiger partial charge in [-0.1, -0.05) is 5.21 Å². The van der Waals surface area contributed by atoms with Crippen LogP contribution in [0.25, 0.3) is 0 Å². The van der Waals surface area contributed by atoms with Crippen LogP contribution in [0.15, 0.2) is 16.2 Å². The molecule has 17 heavy (non-hydrogen) atoms. The molecule has 2 rings (SSSR count). The lowest BCUT2D eigenvalue weighted by molar-refractivity contribution is -0.137. The number of nitrogens with zero attached hydrogens (tertiary/aromatic N) is 4. The molecule has 0 aliphatic carbocycles. The van der Waals surface area contributed by atoms with E-state index in [0.29, 0.717) is 12.2 Å². The zero-order valence-electron chi connectivity index (χ0n) is 8.50. The topological polar surface area (TPSA) is 92.9 Å². The predicted octanol–water partition coefficient (Wildman–Crippen LogP) is 1.19. The predicted molar refractivity (Wildman–Crippen MR) is 64.8 cm³/mol. The van der Waals surface area contributed by atoms with Gasteiger partial charge in [-0.05, 0) is 15.9 Å². The van der Waals surface area contributed by atoms with Gasteiger partial charge < -0.3 is 10.4 Å². The molecule has 0 radical (unpaired) electrons. The molecule has 0 amide bonds. The molecule has 2 N–H and O–H groups in total. The van der Waals surface area contributed by atoms with Crippen LogP contribution in [0.4, 0.5) is 5.13 Å². The summed E-state index contributed by atoms with van der Waals surface area (Å²) in [5, 5.41) is 21.8. The van der Waals surface area contributed by atoms with E-state index in [-0.39, 0.29) is 6.54 Å². The lowest BCUT2D eigenvalue weighted by Crippen LogP contribution is -2.09. The minimum absolute atomic E-state index is 0.185. The number of hydrogen-bond acceptors (Lipinski definition) is 6. The molecule has 2 heterocycles. The molecule has 7 nitrogen and oxygen atoms in total. The second-order valence-corrected chi connectivity index (χ2v) is 4.80. The van der Waals surface area contributed by atoms with Crippen LogP contribution in [0, 0.1) is 0 Å². The van der Waals surface area contributed by atoms with E-state index in [2.05, 4.69) is 36.5 Å². The van der Waals surface area contributed by atoms with Gasteiger partial charge in [0, 0.05) is 5.38 Å². The van der Waals surface area contributed by atoms with Gasteiger partial charge in [0.2, 0.25) is 0 Å². The second-order valence-electron chi connectivity index (χ2n) is 3.13. The van der Waals surface area contributed by atoms with Crippen LogP contribution >= 0.6 is 27.3 Å². The van der Waals surface area contributed by atoms with Gasteiger partial charge in [-0.15, -0.1) is 16.4 Å². The Bertz CT molecular complexity index is 525. The summed E-state index contributed by atoms with van der Waals surface area (Å²) >= 11 is 4.72. The van der Waals surface area contributed by atoms with Crippen LogP contribution in [0.3, 0.4) is 0 Å². The molecule has 0 unspecified atom stereocenters. The van der Waals surface area contributed by atoms with Gasteiger partial charge in [0.15, 0.2) is 5.13 Å². The molecule has 0 aliphatic rings. The minimum atomic E-state index is -0.946. The first-order valence-corrected chi connectivity index (χ1v) is 6.26. The van der Waals surface area contributed by atoms with Crippen LogP contribution in [0.5, 0.6) is 0 Å². The molecule has 0 saturated carbocycles. The van der Waals surface area contributed by atoms with Crippen molar-refractivity contribution >= 4 is 38.4 Å². The van der Waals surface area contributed by atoms with Crippen molar-refractivity contribution in [2.75, 3.05) is 5.32 Å². The van der Waals surface area contributed by atoms with Crippen molar-refractivity contribution in [1.82, 2.24) is 20.0 Å². The van der Waals surface area contributed by atoms with E-state index in [1.807, 2.05) is 5.38 Å². The van der Waals surface area contributed by atoms with Crippen LogP contribution in [0.1, 0.15) is 5.69 Å². The zero-order valence-corrected chi connectivity index (χ0v) is 10.9. The molecule has 0 spiro atoms. The third-order valence-corrected chi connectivity index (χ3v) is 3.29. The normalized spacial score (nSPS) is 10.4. The van der Waals surface area contributed by atoms with Crippen LogP contribution in [-0.4, -0.2) is 31.1 Å². The number of aliphatic carboxylic acids is 1. The van der Waals surface area contributed by atoms with Crippen LogP contribution < -0.4 is 5.32 Å². The van der Waals surface area contributed by atoms with E-state index in [9.17, 15) is 4.79 Å². The fourth-order valence-electron chi connectivity index (χ4n) is 1.14. The Morgan fingerprint density at radius 1 is 1.65 bits per heavy atom. The summed E-state index contributed by atoms with van der Waals surface area (Å²) in [7, 11) is 0. The van der Waals surface area contributed by atoms with E-state index < -0.39 is 5.97 Å². The highest BCUT2D eigenvalue weighted by Gasteiger charge is 2.05. The van der Waals surface area contributed by atoms with Crippen LogP contribution in [0.2, 0.25) is 0 Å². The Labute approximate surface area is 109 Å². The van der Waals surface area contributed by atoms with Gasteiger partial charge in [-0.25, -0.2) is 9.67 Å². The van der Waals surface area contributed by atoms with E-state index in [1.54, 1.807) is 6.20 Å². The summed E-state index contributed by atoms with van der Waals surface area (Å²) in [6.07, 6.45) is 1.59. The van der Waals surface area contributed by atoms with Gasteiger partial charge >= 0.3 is 5.97 Å². The van der Waals surface area contributed by atoms with Gasteiger partial charge in [0.1, 0.15) is 16.8 Å². The van der Waals surface area contributed by atoms with E-state index in [4.69, 9.17) is 5.11 Å². The van der Waals surface area contributed by atoms with Crippen molar-refractivity contribution < 1.29 is 9.90 Å². The molecule has 0 saturated heterocycles. The fraction of sp³-hybridized carbons (Fsp3) is 0.250. The fourth-order valence-corrected chi connectivity index (χ4v) is 2.28. The first-order chi connectivity index (χ1) is 8.13. The number of hydrogen-bond donors (Lipinski definition) is 2. The average molecular weight is 318 g/mol. The van der Waals surface area contributed by atoms with Crippen molar-refractivity contribution in [1.29, 1.82) is 0 Å². The highest BCUT2D eigenvalue weighted by molar-refractivity contribution is 9.10. The molecule has 0 bridgehead atoms. The molecule has 0 aliphatic heterocycles. The van der Waals surface area contributed by atoms with Crippen molar-refractivity contribution in [3.05, 3.63) is 21.9 Å². The smallest absolute Gasteiger partial charge is 0.325 e. The molecule has 0 atom stereocenters. The average Bonchev–Trinajstić information content (AvgIpc) is 2.84. The number of thiazole rings is 1. The Hall–Kier alpha value is -1.48. The van der Waals surface area contributed by atoms with E-state index in [0.717, 1.165) is 9.73 Å². The summed E-state index contributed by atoms with van der Waals surface area (Å²) in [6.45, 7) is 0.273. The van der Waals surface area contributed by atoms with Crippen molar-refractivity contribution in [2.24, 2.45) is 0 Å². The lowest BCUT2D eigenvalue weighted by Gasteiger charge is -1.97.